The van der Waals surface area contributed by atoms with Gasteiger partial charge in [-0.15, -0.1) is 0 Å². The molecule has 1 aromatic heterocycles. The molecule has 1 heterocycles. The summed E-state index contributed by atoms with van der Waals surface area (Å²) in [6, 6.07) is 15.8. The van der Waals surface area contributed by atoms with E-state index in [1.54, 1.807) is 12.1 Å². The molecule has 138 valence electrons. The maximum atomic E-state index is 12.3. The van der Waals surface area contributed by atoms with Crippen molar-refractivity contribution in [1.82, 2.24) is 20.0 Å². The molecule has 0 aliphatic carbocycles. The van der Waals surface area contributed by atoms with Crippen molar-refractivity contribution in [3.8, 4) is 11.4 Å². The second-order valence-corrected chi connectivity index (χ2v) is 7.59. The minimum atomic E-state index is -3.53. The third-order valence-electron chi connectivity index (χ3n) is 3.88. The average Bonchev–Trinajstić information content (AvgIpc) is 2.73. The third kappa shape index (κ3) is 4.55. The third-order valence-corrected chi connectivity index (χ3v) is 5.29. The molecule has 0 radical (unpaired) electrons. The molecule has 3 rings (SSSR count). The largest absolute Gasteiger partial charge is 0.348 e. The van der Waals surface area contributed by atoms with Gasteiger partial charge in [-0.05, 0) is 24.7 Å². The Hall–Kier alpha value is -3.10. The van der Waals surface area contributed by atoms with Crippen LogP contribution in [0.15, 0.2) is 71.9 Å². The lowest BCUT2D eigenvalue weighted by Gasteiger charge is -2.08. The molecule has 0 saturated carbocycles. The van der Waals surface area contributed by atoms with Crippen molar-refractivity contribution in [2.75, 3.05) is 7.05 Å². The average molecular weight is 382 g/mol. The van der Waals surface area contributed by atoms with Crippen molar-refractivity contribution >= 4 is 15.9 Å². The zero-order valence-corrected chi connectivity index (χ0v) is 15.4. The van der Waals surface area contributed by atoms with Crippen LogP contribution in [0.3, 0.4) is 0 Å². The number of carbonyl (C=O) groups is 1. The van der Waals surface area contributed by atoms with E-state index in [1.807, 2.05) is 30.3 Å². The van der Waals surface area contributed by atoms with E-state index in [1.165, 1.54) is 31.6 Å². The van der Waals surface area contributed by atoms with E-state index < -0.39 is 10.0 Å². The Bertz CT molecular complexity index is 1040. The molecule has 0 bridgehead atoms. The molecule has 0 unspecified atom stereocenters. The lowest BCUT2D eigenvalue weighted by Crippen LogP contribution is -2.23. The van der Waals surface area contributed by atoms with E-state index >= 15 is 0 Å². The minimum Gasteiger partial charge on any atom is -0.348 e. The Morgan fingerprint density at radius 1 is 1.00 bits per heavy atom. The molecule has 8 heteroatoms. The maximum absolute atomic E-state index is 12.3. The highest BCUT2D eigenvalue weighted by Gasteiger charge is 2.12. The molecule has 0 aliphatic heterocycles. The summed E-state index contributed by atoms with van der Waals surface area (Å²) in [4.78, 5) is 20.9. The zero-order valence-electron chi connectivity index (χ0n) is 14.6. The summed E-state index contributed by atoms with van der Waals surface area (Å²) in [5, 5.41) is 2.74. The van der Waals surface area contributed by atoms with Gasteiger partial charge in [-0.2, -0.15) is 0 Å². The van der Waals surface area contributed by atoms with E-state index in [9.17, 15) is 13.2 Å². The lowest BCUT2D eigenvalue weighted by molar-refractivity contribution is 0.0950. The first-order valence-electron chi connectivity index (χ1n) is 8.18. The predicted molar refractivity (Wildman–Crippen MR) is 101 cm³/mol. The molecule has 0 saturated heterocycles. The van der Waals surface area contributed by atoms with E-state index in [0.29, 0.717) is 17.0 Å². The molecule has 0 aliphatic rings. The topological polar surface area (TPSA) is 101 Å². The highest BCUT2D eigenvalue weighted by atomic mass is 32.2. The number of rotatable bonds is 6. The first kappa shape index (κ1) is 18.7. The van der Waals surface area contributed by atoms with Gasteiger partial charge in [0.15, 0.2) is 5.82 Å². The van der Waals surface area contributed by atoms with Crippen LogP contribution < -0.4 is 10.0 Å². The van der Waals surface area contributed by atoms with Crippen LogP contribution in [0.5, 0.6) is 0 Å². The number of amides is 1. The zero-order chi connectivity index (χ0) is 19.3. The van der Waals surface area contributed by atoms with E-state index in [0.717, 1.165) is 5.56 Å². The van der Waals surface area contributed by atoms with Crippen LogP contribution in [-0.4, -0.2) is 31.3 Å². The van der Waals surface area contributed by atoms with Gasteiger partial charge in [0.25, 0.3) is 5.91 Å². The molecule has 0 atom stereocenters. The summed E-state index contributed by atoms with van der Waals surface area (Å²) in [6.07, 6.45) is 2.93. The van der Waals surface area contributed by atoms with Gasteiger partial charge in [-0.25, -0.2) is 23.1 Å². The van der Waals surface area contributed by atoms with Gasteiger partial charge in [0.05, 0.1) is 10.5 Å². The highest BCUT2D eigenvalue weighted by Crippen LogP contribution is 2.14. The van der Waals surface area contributed by atoms with Gasteiger partial charge < -0.3 is 5.32 Å². The molecule has 3 aromatic rings. The van der Waals surface area contributed by atoms with E-state index in [2.05, 4.69) is 20.0 Å². The fourth-order valence-corrected chi connectivity index (χ4v) is 3.21. The van der Waals surface area contributed by atoms with Crippen molar-refractivity contribution in [1.29, 1.82) is 0 Å². The first-order valence-corrected chi connectivity index (χ1v) is 9.66. The molecule has 7 nitrogen and oxygen atoms in total. The van der Waals surface area contributed by atoms with Crippen molar-refractivity contribution < 1.29 is 13.2 Å². The Morgan fingerprint density at radius 2 is 1.70 bits per heavy atom. The molecule has 2 aromatic carbocycles. The van der Waals surface area contributed by atoms with Gasteiger partial charge in [-0.3, -0.25) is 4.79 Å². The number of nitrogens with one attached hydrogen (secondary N) is 2. The highest BCUT2D eigenvalue weighted by molar-refractivity contribution is 7.89. The van der Waals surface area contributed by atoms with Crippen molar-refractivity contribution in [3.05, 3.63) is 78.1 Å². The van der Waals surface area contributed by atoms with Crippen molar-refractivity contribution in [2.45, 2.75) is 11.4 Å². The summed E-state index contributed by atoms with van der Waals surface area (Å²) >= 11 is 0. The van der Waals surface area contributed by atoms with E-state index in [4.69, 9.17) is 0 Å². The number of sulfonamides is 1. The molecule has 0 spiro atoms. The van der Waals surface area contributed by atoms with Crippen molar-refractivity contribution in [2.24, 2.45) is 0 Å². The summed E-state index contributed by atoms with van der Waals surface area (Å²) in [5.74, 6) is 0.202. The monoisotopic (exact) mass is 382 g/mol. The number of benzene rings is 2. The molecule has 2 N–H and O–H groups in total. The van der Waals surface area contributed by atoms with Crippen molar-refractivity contribution in [3.63, 3.8) is 0 Å². The summed E-state index contributed by atoms with van der Waals surface area (Å²) in [7, 11) is -2.18. The Kier molecular flexibility index (Phi) is 5.58. The predicted octanol–water partition coefficient (Wildman–Crippen LogP) is 1.98. The Morgan fingerprint density at radius 3 is 2.37 bits per heavy atom. The SMILES string of the molecule is CNS(=O)(=O)c1cccc(CNC(=O)c2cnc(-c3ccccc3)nc2)c1. The lowest BCUT2D eigenvalue weighted by atomic mass is 10.2. The summed E-state index contributed by atoms with van der Waals surface area (Å²) in [5.41, 5.74) is 1.86. The fraction of sp³-hybridized carbons (Fsp3) is 0.105. The van der Waals surface area contributed by atoms with Gasteiger partial charge in [0.1, 0.15) is 0 Å². The number of aromatic nitrogens is 2. The second-order valence-electron chi connectivity index (χ2n) is 5.70. The normalized spacial score (nSPS) is 11.1. The molecule has 1 amide bonds. The van der Waals surface area contributed by atoms with Gasteiger partial charge in [0, 0.05) is 24.5 Å². The van der Waals surface area contributed by atoms with Gasteiger partial charge in [-0.1, -0.05) is 42.5 Å². The summed E-state index contributed by atoms with van der Waals surface area (Å²) in [6.45, 7) is 0.187. The van der Waals surface area contributed by atoms with E-state index in [-0.39, 0.29) is 17.3 Å². The molecule has 27 heavy (non-hydrogen) atoms. The van der Waals surface area contributed by atoms with Crippen LogP contribution in [0, 0.1) is 0 Å². The quantitative estimate of drug-likeness (QED) is 0.679. The molecular weight excluding hydrogens is 364 g/mol. The first-order chi connectivity index (χ1) is 13.0. The fourth-order valence-electron chi connectivity index (χ4n) is 2.41. The van der Waals surface area contributed by atoms with Crippen LogP contribution in [0.25, 0.3) is 11.4 Å². The van der Waals surface area contributed by atoms with Crippen LogP contribution in [0.1, 0.15) is 15.9 Å². The Balaban J connectivity index is 1.67. The number of hydrogen-bond donors (Lipinski definition) is 2. The number of hydrogen-bond acceptors (Lipinski definition) is 5. The standard InChI is InChI=1S/C19H18N4O3S/c1-20-27(25,26)17-9-5-6-14(10-17)11-23-19(24)16-12-21-18(22-13-16)15-7-3-2-4-8-15/h2-10,12-13,20H,11H2,1H3,(H,23,24). The smallest absolute Gasteiger partial charge is 0.254 e. The van der Waals surface area contributed by atoms with Gasteiger partial charge in [0.2, 0.25) is 10.0 Å². The van der Waals surface area contributed by atoms with Crippen LogP contribution in [-0.2, 0) is 16.6 Å². The number of carbonyl (C=O) groups excluding carboxylic acids is 1. The molecular formula is C19H18N4O3S. The van der Waals surface area contributed by atoms with Crippen LogP contribution in [0.2, 0.25) is 0 Å². The van der Waals surface area contributed by atoms with Crippen LogP contribution >= 0.6 is 0 Å². The number of nitrogens with zero attached hydrogens (tertiary/aromatic N) is 2. The maximum Gasteiger partial charge on any atom is 0.254 e. The molecule has 0 fully saturated rings. The summed E-state index contributed by atoms with van der Waals surface area (Å²) < 4.78 is 26.0. The van der Waals surface area contributed by atoms with Crippen LogP contribution in [0.4, 0.5) is 0 Å². The van der Waals surface area contributed by atoms with Gasteiger partial charge >= 0.3 is 0 Å². The Labute approximate surface area is 157 Å². The second kappa shape index (κ2) is 8.07. The minimum absolute atomic E-state index is 0.146.